The number of nitrogens with zero attached hydrogens (tertiary/aromatic N) is 1. The Kier molecular flexibility index (Phi) is 4.55. The minimum atomic E-state index is -0.578. The second-order valence-corrected chi connectivity index (χ2v) is 5.69. The molecule has 0 saturated heterocycles. The van der Waals surface area contributed by atoms with Crippen LogP contribution in [-0.4, -0.2) is 12.5 Å². The lowest BCUT2D eigenvalue weighted by Gasteiger charge is -2.15. The lowest BCUT2D eigenvalue weighted by atomic mass is 9.96. The number of halogens is 2. The maximum absolute atomic E-state index is 11.8. The maximum Gasteiger partial charge on any atom is 0.251 e. The fourth-order valence-electron chi connectivity index (χ4n) is 1.13. The molecule has 0 aliphatic carbocycles. The summed E-state index contributed by atoms with van der Waals surface area (Å²) in [5.41, 5.74) is -0.107. The highest BCUT2D eigenvalue weighted by Crippen LogP contribution is 2.20. The van der Waals surface area contributed by atoms with E-state index < -0.39 is 5.41 Å². The number of nitriles is 1. The zero-order valence-corrected chi connectivity index (χ0v) is 11.9. The molecule has 1 amide bonds. The zero-order chi connectivity index (χ0) is 13.1. The summed E-state index contributed by atoms with van der Waals surface area (Å²) >= 11 is 9.12. The van der Waals surface area contributed by atoms with Gasteiger partial charge in [-0.05, 0) is 32.0 Å². The molecule has 0 fully saturated rings. The molecular weight excluding hydrogens is 304 g/mol. The van der Waals surface area contributed by atoms with Crippen LogP contribution in [0.4, 0.5) is 0 Å². The molecule has 0 aliphatic heterocycles. The first kappa shape index (κ1) is 14.0. The Balaban J connectivity index is 2.75. The van der Waals surface area contributed by atoms with Crippen LogP contribution >= 0.6 is 27.5 Å². The Morgan fingerprint density at radius 3 is 2.71 bits per heavy atom. The van der Waals surface area contributed by atoms with E-state index in [4.69, 9.17) is 16.9 Å². The smallest absolute Gasteiger partial charge is 0.251 e. The van der Waals surface area contributed by atoms with Crippen molar-refractivity contribution in [3.05, 3.63) is 33.3 Å². The second-order valence-electron chi connectivity index (χ2n) is 4.34. The molecule has 1 N–H and O–H groups in total. The van der Waals surface area contributed by atoms with E-state index in [9.17, 15) is 4.79 Å². The highest BCUT2D eigenvalue weighted by molar-refractivity contribution is 9.10. The monoisotopic (exact) mass is 314 g/mol. The highest BCUT2D eigenvalue weighted by atomic mass is 79.9. The van der Waals surface area contributed by atoms with E-state index in [0.717, 1.165) is 4.47 Å². The molecule has 0 saturated carbocycles. The van der Waals surface area contributed by atoms with Crippen molar-refractivity contribution in [1.82, 2.24) is 5.32 Å². The average Bonchev–Trinajstić information content (AvgIpc) is 2.24. The van der Waals surface area contributed by atoms with Gasteiger partial charge in [-0.25, -0.2) is 0 Å². The molecule has 0 atom stereocenters. The van der Waals surface area contributed by atoms with Crippen LogP contribution in [0, 0.1) is 16.7 Å². The summed E-state index contributed by atoms with van der Waals surface area (Å²) < 4.78 is 0.745. The van der Waals surface area contributed by atoms with Crippen LogP contribution in [0.15, 0.2) is 22.7 Å². The summed E-state index contributed by atoms with van der Waals surface area (Å²) in [5.74, 6) is -0.239. The molecule has 0 spiro atoms. The minimum Gasteiger partial charge on any atom is -0.350 e. The number of rotatable bonds is 3. The third-order valence-electron chi connectivity index (χ3n) is 2.12. The number of nitrogens with one attached hydrogen (secondary N) is 1. The van der Waals surface area contributed by atoms with Crippen LogP contribution in [0.5, 0.6) is 0 Å². The minimum absolute atomic E-state index is 0.239. The number of carbonyl (C=O) groups excluding carboxylic acids is 1. The van der Waals surface area contributed by atoms with Crippen LogP contribution < -0.4 is 5.32 Å². The normalized spacial score (nSPS) is 10.8. The molecule has 1 aromatic carbocycles. The molecule has 0 radical (unpaired) electrons. The number of hydrogen-bond acceptors (Lipinski definition) is 2. The second kappa shape index (κ2) is 5.52. The molecule has 0 unspecified atom stereocenters. The lowest BCUT2D eigenvalue weighted by Crippen LogP contribution is -2.33. The van der Waals surface area contributed by atoms with Gasteiger partial charge in [0, 0.05) is 21.6 Å². The van der Waals surface area contributed by atoms with Crippen molar-refractivity contribution in [3.63, 3.8) is 0 Å². The van der Waals surface area contributed by atoms with Crippen LogP contribution in [-0.2, 0) is 0 Å². The van der Waals surface area contributed by atoms with Gasteiger partial charge in [0.05, 0.1) is 11.5 Å². The fourth-order valence-corrected chi connectivity index (χ4v) is 1.99. The van der Waals surface area contributed by atoms with Gasteiger partial charge in [0.1, 0.15) is 0 Å². The van der Waals surface area contributed by atoms with Crippen LogP contribution in [0.2, 0.25) is 5.02 Å². The summed E-state index contributed by atoms with van der Waals surface area (Å²) in [6.45, 7) is 3.83. The van der Waals surface area contributed by atoms with Gasteiger partial charge in [-0.1, -0.05) is 27.5 Å². The molecule has 90 valence electrons. The fraction of sp³-hybridized carbons (Fsp3) is 0.333. The maximum atomic E-state index is 11.8. The first-order valence-corrected chi connectivity index (χ1v) is 6.17. The number of carbonyl (C=O) groups is 1. The zero-order valence-electron chi connectivity index (χ0n) is 9.55. The van der Waals surface area contributed by atoms with Crippen molar-refractivity contribution >= 4 is 33.4 Å². The number of amides is 1. The molecule has 0 bridgehead atoms. The Hall–Kier alpha value is -1.05. The van der Waals surface area contributed by atoms with Crippen molar-refractivity contribution in [3.8, 4) is 6.07 Å². The SMILES string of the molecule is CC(C)(C#N)CNC(=O)c1cc(Cl)cc(Br)c1. The van der Waals surface area contributed by atoms with E-state index in [1.807, 2.05) is 0 Å². The molecule has 17 heavy (non-hydrogen) atoms. The molecule has 5 heteroatoms. The highest BCUT2D eigenvalue weighted by Gasteiger charge is 2.18. The summed E-state index contributed by atoms with van der Waals surface area (Å²) in [4.78, 5) is 11.8. The Morgan fingerprint density at radius 1 is 1.53 bits per heavy atom. The van der Waals surface area contributed by atoms with Crippen LogP contribution in [0.3, 0.4) is 0 Å². The quantitative estimate of drug-likeness (QED) is 0.929. The third kappa shape index (κ3) is 4.37. The van der Waals surface area contributed by atoms with Gasteiger partial charge >= 0.3 is 0 Å². The topological polar surface area (TPSA) is 52.9 Å². The van der Waals surface area contributed by atoms with Crippen molar-refractivity contribution in [2.45, 2.75) is 13.8 Å². The van der Waals surface area contributed by atoms with Gasteiger partial charge in [0.2, 0.25) is 0 Å². The van der Waals surface area contributed by atoms with E-state index in [2.05, 4.69) is 27.3 Å². The summed E-state index contributed by atoms with van der Waals surface area (Å²) in [7, 11) is 0. The van der Waals surface area contributed by atoms with Gasteiger partial charge < -0.3 is 5.32 Å². The average molecular weight is 316 g/mol. The molecule has 3 nitrogen and oxygen atoms in total. The van der Waals surface area contributed by atoms with Gasteiger partial charge in [0.25, 0.3) is 5.91 Å². The molecule has 1 aromatic rings. The van der Waals surface area contributed by atoms with E-state index in [-0.39, 0.29) is 5.91 Å². The van der Waals surface area contributed by atoms with Gasteiger partial charge in [-0.2, -0.15) is 5.26 Å². The van der Waals surface area contributed by atoms with Crippen molar-refractivity contribution in [2.24, 2.45) is 5.41 Å². The van der Waals surface area contributed by atoms with Crippen molar-refractivity contribution in [1.29, 1.82) is 5.26 Å². The lowest BCUT2D eigenvalue weighted by molar-refractivity contribution is 0.0943. The van der Waals surface area contributed by atoms with Crippen LogP contribution in [0.25, 0.3) is 0 Å². The van der Waals surface area contributed by atoms with Crippen molar-refractivity contribution < 1.29 is 4.79 Å². The summed E-state index contributed by atoms with van der Waals surface area (Å²) in [6.07, 6.45) is 0. The summed E-state index contributed by atoms with van der Waals surface area (Å²) in [5, 5.41) is 12.0. The predicted octanol–water partition coefficient (Wildman–Crippen LogP) is 3.38. The van der Waals surface area contributed by atoms with Gasteiger partial charge in [-0.15, -0.1) is 0 Å². The summed E-state index contributed by atoms with van der Waals surface area (Å²) in [6, 6.07) is 7.09. The Morgan fingerprint density at radius 2 is 2.18 bits per heavy atom. The number of hydrogen-bond donors (Lipinski definition) is 1. The predicted molar refractivity (Wildman–Crippen MR) is 70.9 cm³/mol. The first-order valence-electron chi connectivity index (χ1n) is 4.99. The van der Waals surface area contributed by atoms with E-state index in [0.29, 0.717) is 17.1 Å². The molecule has 0 heterocycles. The van der Waals surface area contributed by atoms with E-state index in [1.165, 1.54) is 0 Å². The third-order valence-corrected chi connectivity index (χ3v) is 2.79. The van der Waals surface area contributed by atoms with Crippen LogP contribution in [0.1, 0.15) is 24.2 Å². The molecule has 0 aliphatic rings. The molecule has 1 rings (SSSR count). The molecule has 0 aromatic heterocycles. The Bertz CT molecular complexity index is 460. The van der Waals surface area contributed by atoms with E-state index >= 15 is 0 Å². The van der Waals surface area contributed by atoms with E-state index in [1.54, 1.807) is 32.0 Å². The Labute approximate surface area is 114 Å². The standard InChI is InChI=1S/C12H12BrClN2O/c1-12(2,6-15)7-16-11(17)8-3-9(13)5-10(14)4-8/h3-5H,7H2,1-2H3,(H,16,17). The molecular formula is C12H12BrClN2O. The van der Waals surface area contributed by atoms with Gasteiger partial charge in [0.15, 0.2) is 0 Å². The van der Waals surface area contributed by atoms with Crippen molar-refractivity contribution in [2.75, 3.05) is 6.54 Å². The first-order chi connectivity index (χ1) is 7.84. The van der Waals surface area contributed by atoms with Gasteiger partial charge in [-0.3, -0.25) is 4.79 Å². The number of benzene rings is 1. The largest absolute Gasteiger partial charge is 0.350 e.